The third-order valence-electron chi connectivity index (χ3n) is 7.69. The summed E-state index contributed by atoms with van der Waals surface area (Å²) in [6.07, 6.45) is 9.28. The molecule has 3 aliphatic rings. The second-order valence-corrected chi connectivity index (χ2v) is 10.1. The molecule has 0 radical (unpaired) electrons. The van der Waals surface area contributed by atoms with E-state index >= 15 is 0 Å². The third kappa shape index (κ3) is 4.74. The van der Waals surface area contributed by atoms with Crippen molar-refractivity contribution in [1.82, 2.24) is 15.4 Å². The monoisotopic (exact) mass is 462 g/mol. The zero-order chi connectivity index (χ0) is 22.1. The summed E-state index contributed by atoms with van der Waals surface area (Å²) < 4.78 is 19.0. The van der Waals surface area contributed by atoms with Crippen LogP contribution in [0.25, 0.3) is 11.0 Å². The zero-order valence-electron chi connectivity index (χ0n) is 18.5. The number of amides is 1. The molecule has 0 bridgehead atoms. The van der Waals surface area contributed by atoms with Gasteiger partial charge in [-0.15, -0.1) is 0 Å². The van der Waals surface area contributed by atoms with Gasteiger partial charge in [0, 0.05) is 44.2 Å². The van der Waals surface area contributed by atoms with Crippen LogP contribution in [-0.4, -0.2) is 54.7 Å². The summed E-state index contributed by atoms with van der Waals surface area (Å²) in [5.41, 5.74) is 0.434. The van der Waals surface area contributed by atoms with Crippen molar-refractivity contribution in [3.05, 3.63) is 23.0 Å². The van der Waals surface area contributed by atoms with Crippen LogP contribution in [0.2, 0.25) is 5.02 Å². The number of hydrogen-bond donors (Lipinski definition) is 1. The highest BCUT2D eigenvalue weighted by molar-refractivity contribution is 6.31. The van der Waals surface area contributed by atoms with Crippen LogP contribution in [0.4, 0.5) is 10.2 Å². The molecule has 174 valence electrons. The summed E-state index contributed by atoms with van der Waals surface area (Å²) in [6, 6.07) is 3.30. The van der Waals surface area contributed by atoms with Crippen LogP contribution in [0.1, 0.15) is 51.4 Å². The summed E-state index contributed by atoms with van der Waals surface area (Å²) in [5, 5.41) is 8.32. The molecular weight excluding hydrogens is 431 g/mol. The molecule has 2 aliphatic carbocycles. The SMILES string of the molecule is O=C(NC1CCC(CCN2CCN(c3noc4cc(F)c(Cl)cc34)CC2)CC1)C1CCC1. The van der Waals surface area contributed by atoms with Crippen molar-refractivity contribution in [3.63, 3.8) is 0 Å². The molecule has 0 atom stereocenters. The maximum atomic E-state index is 13.7. The molecule has 1 saturated heterocycles. The number of aromatic nitrogens is 1. The number of carbonyl (C=O) groups is 1. The number of nitrogens with zero attached hydrogens (tertiary/aromatic N) is 3. The highest BCUT2D eigenvalue weighted by Crippen LogP contribution is 2.32. The Kier molecular flexibility index (Phi) is 6.56. The fourth-order valence-corrected chi connectivity index (χ4v) is 5.45. The van der Waals surface area contributed by atoms with Crippen molar-refractivity contribution in [3.8, 4) is 0 Å². The predicted molar refractivity (Wildman–Crippen MR) is 123 cm³/mol. The minimum Gasteiger partial charge on any atom is -0.354 e. The maximum Gasteiger partial charge on any atom is 0.223 e. The van der Waals surface area contributed by atoms with Gasteiger partial charge in [-0.25, -0.2) is 4.39 Å². The molecular formula is C24H32ClFN4O2. The summed E-state index contributed by atoms with van der Waals surface area (Å²) in [6.45, 7) is 4.83. The fraction of sp³-hybridized carbons (Fsp3) is 0.667. The van der Waals surface area contributed by atoms with Crippen molar-refractivity contribution in [1.29, 1.82) is 0 Å². The molecule has 2 aromatic rings. The number of anilines is 1. The smallest absolute Gasteiger partial charge is 0.223 e. The van der Waals surface area contributed by atoms with Crippen molar-refractivity contribution in [2.24, 2.45) is 11.8 Å². The summed E-state index contributed by atoms with van der Waals surface area (Å²) >= 11 is 5.96. The molecule has 1 N–H and O–H groups in total. The van der Waals surface area contributed by atoms with E-state index in [9.17, 15) is 9.18 Å². The molecule has 32 heavy (non-hydrogen) atoms. The number of rotatable bonds is 6. The molecule has 1 aliphatic heterocycles. The van der Waals surface area contributed by atoms with E-state index in [4.69, 9.17) is 16.1 Å². The van der Waals surface area contributed by atoms with Gasteiger partial charge in [0.25, 0.3) is 0 Å². The van der Waals surface area contributed by atoms with E-state index in [0.29, 0.717) is 23.4 Å². The van der Waals surface area contributed by atoms with Gasteiger partial charge in [0.15, 0.2) is 11.4 Å². The molecule has 5 rings (SSSR count). The fourth-order valence-electron chi connectivity index (χ4n) is 5.28. The summed E-state index contributed by atoms with van der Waals surface area (Å²) in [7, 11) is 0. The first kappa shape index (κ1) is 22.0. The van der Waals surface area contributed by atoms with Gasteiger partial charge < -0.3 is 14.7 Å². The first-order valence-corrected chi connectivity index (χ1v) is 12.5. The van der Waals surface area contributed by atoms with E-state index in [1.165, 1.54) is 31.7 Å². The first-order chi connectivity index (χ1) is 15.6. The Morgan fingerprint density at radius 1 is 1.12 bits per heavy atom. The number of nitrogens with one attached hydrogen (secondary N) is 1. The second-order valence-electron chi connectivity index (χ2n) is 9.74. The lowest BCUT2D eigenvalue weighted by Gasteiger charge is -2.36. The largest absolute Gasteiger partial charge is 0.354 e. The molecule has 1 aromatic carbocycles. The zero-order valence-corrected chi connectivity index (χ0v) is 19.2. The number of carbonyl (C=O) groups excluding carboxylic acids is 1. The average Bonchev–Trinajstić information content (AvgIpc) is 3.15. The van der Waals surface area contributed by atoms with Gasteiger partial charge >= 0.3 is 0 Å². The van der Waals surface area contributed by atoms with Gasteiger partial charge in [-0.1, -0.05) is 23.2 Å². The Hall–Kier alpha value is -1.86. The molecule has 0 unspecified atom stereocenters. The lowest BCUT2D eigenvalue weighted by atomic mass is 9.82. The molecule has 2 heterocycles. The van der Waals surface area contributed by atoms with Gasteiger partial charge in [0.05, 0.1) is 10.4 Å². The number of benzene rings is 1. The molecule has 3 fully saturated rings. The summed E-state index contributed by atoms with van der Waals surface area (Å²) in [4.78, 5) is 16.9. The number of hydrogen-bond acceptors (Lipinski definition) is 5. The van der Waals surface area contributed by atoms with Crippen LogP contribution in [-0.2, 0) is 4.79 Å². The standard InChI is InChI=1S/C24H32ClFN4O2/c25-20-14-19-22(15-21(20)26)32-28-23(19)30-12-10-29(11-13-30)9-8-16-4-6-18(7-5-16)27-24(31)17-2-1-3-17/h14-18H,1-13H2,(H,27,31). The minimum atomic E-state index is -0.485. The molecule has 6 nitrogen and oxygen atoms in total. The van der Waals surface area contributed by atoms with Crippen LogP contribution < -0.4 is 10.2 Å². The lowest BCUT2D eigenvalue weighted by molar-refractivity contribution is -0.128. The van der Waals surface area contributed by atoms with Crippen molar-refractivity contribution in [2.45, 2.75) is 57.4 Å². The normalized spacial score (nSPS) is 25.1. The first-order valence-electron chi connectivity index (χ1n) is 12.1. The lowest BCUT2D eigenvalue weighted by Crippen LogP contribution is -2.47. The molecule has 1 amide bonds. The predicted octanol–water partition coefficient (Wildman–Crippen LogP) is 4.61. The summed E-state index contributed by atoms with van der Waals surface area (Å²) in [5.74, 6) is 1.62. The van der Waals surface area contributed by atoms with Gasteiger partial charge in [-0.3, -0.25) is 9.69 Å². The van der Waals surface area contributed by atoms with Crippen LogP contribution >= 0.6 is 11.6 Å². The van der Waals surface area contributed by atoms with Gasteiger partial charge in [-0.2, -0.15) is 0 Å². The number of piperazine rings is 1. The Morgan fingerprint density at radius 2 is 1.88 bits per heavy atom. The van der Waals surface area contributed by atoms with E-state index in [-0.39, 0.29) is 5.02 Å². The van der Waals surface area contributed by atoms with Crippen LogP contribution in [0, 0.1) is 17.7 Å². The number of halogens is 2. The highest BCUT2D eigenvalue weighted by Gasteiger charge is 2.29. The maximum absolute atomic E-state index is 13.7. The molecule has 1 aromatic heterocycles. The van der Waals surface area contributed by atoms with Crippen molar-refractivity contribution >= 4 is 34.3 Å². The topological polar surface area (TPSA) is 61.6 Å². The average molecular weight is 463 g/mol. The van der Waals surface area contributed by atoms with Crippen molar-refractivity contribution in [2.75, 3.05) is 37.6 Å². The van der Waals surface area contributed by atoms with Crippen LogP contribution in [0.5, 0.6) is 0 Å². The Balaban J connectivity index is 1.04. The minimum absolute atomic E-state index is 0.0953. The van der Waals surface area contributed by atoms with E-state index in [2.05, 4.69) is 20.3 Å². The Labute approximate surface area is 193 Å². The molecule has 8 heteroatoms. The Morgan fingerprint density at radius 3 is 2.56 bits per heavy atom. The van der Waals surface area contributed by atoms with Crippen LogP contribution in [0.3, 0.4) is 0 Å². The van der Waals surface area contributed by atoms with E-state index < -0.39 is 5.82 Å². The highest BCUT2D eigenvalue weighted by atomic mass is 35.5. The quantitative estimate of drug-likeness (QED) is 0.679. The Bertz CT molecular complexity index is 947. The van der Waals surface area contributed by atoms with E-state index in [1.54, 1.807) is 6.07 Å². The molecule has 2 saturated carbocycles. The van der Waals surface area contributed by atoms with Gasteiger partial charge in [-0.05, 0) is 63.5 Å². The van der Waals surface area contributed by atoms with Crippen LogP contribution in [0.15, 0.2) is 16.7 Å². The van der Waals surface area contributed by atoms with E-state index in [0.717, 1.165) is 75.5 Å². The van der Waals surface area contributed by atoms with Gasteiger partial charge in [0.1, 0.15) is 5.82 Å². The van der Waals surface area contributed by atoms with Crippen molar-refractivity contribution < 1.29 is 13.7 Å². The van der Waals surface area contributed by atoms with Gasteiger partial charge in [0.2, 0.25) is 5.91 Å². The second kappa shape index (κ2) is 9.56. The third-order valence-corrected chi connectivity index (χ3v) is 7.98. The number of fused-ring (bicyclic) bond motifs is 1. The van der Waals surface area contributed by atoms with E-state index in [1.807, 2.05) is 0 Å². The molecule has 0 spiro atoms.